The van der Waals surface area contributed by atoms with Gasteiger partial charge in [0.25, 0.3) is 0 Å². The third-order valence-electron chi connectivity index (χ3n) is 3.66. The zero-order valence-corrected chi connectivity index (χ0v) is 14.7. The molecule has 0 aliphatic rings. The summed E-state index contributed by atoms with van der Waals surface area (Å²) in [5, 5.41) is 3.17. The maximum absolute atomic E-state index is 11.9. The number of benzene rings is 1. The van der Waals surface area contributed by atoms with Gasteiger partial charge in [-0.2, -0.15) is 0 Å². The van der Waals surface area contributed by atoms with Crippen LogP contribution >= 0.6 is 0 Å². The first kappa shape index (κ1) is 18.0. The highest BCUT2D eigenvalue weighted by atomic mass is 32.2. The lowest BCUT2D eigenvalue weighted by Crippen LogP contribution is -2.24. The van der Waals surface area contributed by atoms with Crippen molar-refractivity contribution in [2.45, 2.75) is 43.0 Å². The van der Waals surface area contributed by atoms with Crippen molar-refractivity contribution in [1.82, 2.24) is 0 Å². The Balaban J connectivity index is 3.34. The van der Waals surface area contributed by atoms with Crippen LogP contribution in [0.1, 0.15) is 27.2 Å². The molecule has 1 N–H and O–H groups in total. The smallest absolute Gasteiger partial charge is 0.177 e. The molecule has 0 unspecified atom stereocenters. The number of nitrogens with one attached hydrogen (secondary N) is 1. The summed E-state index contributed by atoms with van der Waals surface area (Å²) < 4.78 is 47.0. The van der Waals surface area contributed by atoms with Crippen LogP contribution in [0, 0.1) is 5.92 Å². The molecule has 0 aliphatic carbocycles. The fourth-order valence-corrected chi connectivity index (χ4v) is 3.49. The standard InChI is InChI=1S/C14H23NO4S2/c1-6-10(2)11(3)15-13-8-7-12(20(4,16)17)9-14(13)21(5,18)19/h7-11,15H,6H2,1-5H3/t10-,11+/m0/s1. The van der Waals surface area contributed by atoms with Crippen molar-refractivity contribution in [1.29, 1.82) is 0 Å². The van der Waals surface area contributed by atoms with Crippen LogP contribution in [0.2, 0.25) is 0 Å². The first-order valence-electron chi connectivity index (χ1n) is 6.77. The zero-order chi connectivity index (χ0) is 16.4. The molecule has 1 aromatic rings. The lowest BCUT2D eigenvalue weighted by Gasteiger charge is -2.22. The normalized spacial score (nSPS) is 15.5. The Morgan fingerprint density at radius 1 is 1.05 bits per heavy atom. The highest BCUT2D eigenvalue weighted by Gasteiger charge is 2.20. The number of hydrogen-bond donors (Lipinski definition) is 1. The van der Waals surface area contributed by atoms with E-state index < -0.39 is 19.7 Å². The van der Waals surface area contributed by atoms with Gasteiger partial charge in [0.05, 0.1) is 15.5 Å². The SMILES string of the molecule is CC[C@H](C)[C@@H](C)Nc1ccc(S(C)(=O)=O)cc1S(C)(=O)=O. The van der Waals surface area contributed by atoms with E-state index in [0.717, 1.165) is 18.9 Å². The molecule has 2 atom stereocenters. The molecule has 0 heterocycles. The summed E-state index contributed by atoms with van der Waals surface area (Å²) in [5.41, 5.74) is 0.442. The van der Waals surface area contributed by atoms with Crippen LogP contribution in [0.25, 0.3) is 0 Å². The van der Waals surface area contributed by atoms with Gasteiger partial charge >= 0.3 is 0 Å². The van der Waals surface area contributed by atoms with Gasteiger partial charge in [0.1, 0.15) is 0 Å². The summed E-state index contributed by atoms with van der Waals surface area (Å²) in [6, 6.07) is 4.25. The van der Waals surface area contributed by atoms with Crippen molar-refractivity contribution in [2.75, 3.05) is 17.8 Å². The summed E-state index contributed by atoms with van der Waals surface area (Å²) in [6.45, 7) is 6.11. The van der Waals surface area contributed by atoms with Crippen molar-refractivity contribution in [3.63, 3.8) is 0 Å². The van der Waals surface area contributed by atoms with Crippen LogP contribution in [-0.2, 0) is 19.7 Å². The molecule has 21 heavy (non-hydrogen) atoms. The molecule has 0 spiro atoms. The predicted molar refractivity (Wildman–Crippen MR) is 85.2 cm³/mol. The second kappa shape index (κ2) is 6.36. The van der Waals surface area contributed by atoms with Gasteiger partial charge in [-0.25, -0.2) is 16.8 Å². The Labute approximate surface area is 127 Å². The van der Waals surface area contributed by atoms with Crippen LogP contribution in [-0.4, -0.2) is 35.4 Å². The van der Waals surface area contributed by atoms with Crippen molar-refractivity contribution in [2.24, 2.45) is 5.92 Å². The average Bonchev–Trinajstić information content (AvgIpc) is 2.35. The van der Waals surface area contributed by atoms with Gasteiger partial charge in [0, 0.05) is 18.6 Å². The van der Waals surface area contributed by atoms with E-state index in [2.05, 4.69) is 19.2 Å². The summed E-state index contributed by atoms with van der Waals surface area (Å²) in [4.78, 5) is 0.0187. The molecule has 0 saturated carbocycles. The van der Waals surface area contributed by atoms with Gasteiger partial charge in [-0.3, -0.25) is 0 Å². The van der Waals surface area contributed by atoms with Gasteiger partial charge in [-0.15, -0.1) is 0 Å². The second-order valence-electron chi connectivity index (χ2n) is 5.52. The molecule has 1 rings (SSSR count). The van der Waals surface area contributed by atoms with E-state index in [1.54, 1.807) is 0 Å². The van der Waals surface area contributed by atoms with Crippen molar-refractivity contribution >= 4 is 25.4 Å². The molecule has 0 aromatic heterocycles. The van der Waals surface area contributed by atoms with Gasteiger partial charge < -0.3 is 5.32 Å². The molecule has 7 heteroatoms. The molecular weight excluding hydrogens is 310 g/mol. The minimum atomic E-state index is -3.52. The van der Waals surface area contributed by atoms with Crippen LogP contribution < -0.4 is 5.32 Å². The van der Waals surface area contributed by atoms with E-state index in [1.165, 1.54) is 18.2 Å². The second-order valence-corrected chi connectivity index (χ2v) is 9.52. The van der Waals surface area contributed by atoms with E-state index in [1.807, 2.05) is 6.92 Å². The fraction of sp³-hybridized carbons (Fsp3) is 0.571. The van der Waals surface area contributed by atoms with Crippen LogP contribution in [0.5, 0.6) is 0 Å². The lowest BCUT2D eigenvalue weighted by atomic mass is 10.0. The molecule has 0 saturated heterocycles. The minimum absolute atomic E-state index is 0.00432. The van der Waals surface area contributed by atoms with E-state index >= 15 is 0 Å². The summed E-state index contributed by atoms with van der Waals surface area (Å²) in [7, 11) is -6.97. The van der Waals surface area contributed by atoms with E-state index in [-0.39, 0.29) is 15.8 Å². The molecule has 1 aromatic carbocycles. The summed E-state index contributed by atoms with van der Waals surface area (Å²) >= 11 is 0. The van der Waals surface area contributed by atoms with Crippen molar-refractivity contribution < 1.29 is 16.8 Å². The fourth-order valence-electron chi connectivity index (χ4n) is 1.90. The quantitative estimate of drug-likeness (QED) is 0.864. The Morgan fingerprint density at radius 3 is 2.05 bits per heavy atom. The van der Waals surface area contributed by atoms with E-state index in [9.17, 15) is 16.8 Å². The van der Waals surface area contributed by atoms with Gasteiger partial charge in [0.15, 0.2) is 19.7 Å². The largest absolute Gasteiger partial charge is 0.381 e. The minimum Gasteiger partial charge on any atom is -0.381 e. The lowest BCUT2D eigenvalue weighted by molar-refractivity contribution is 0.494. The molecule has 0 aliphatic heterocycles. The maximum Gasteiger partial charge on any atom is 0.177 e. The monoisotopic (exact) mass is 333 g/mol. The molecule has 120 valence electrons. The Bertz CT molecular complexity index is 708. The molecule has 5 nitrogen and oxygen atoms in total. The predicted octanol–water partition coefficient (Wildman–Crippen LogP) is 2.34. The molecule has 0 bridgehead atoms. The number of sulfone groups is 2. The number of hydrogen-bond acceptors (Lipinski definition) is 5. The van der Waals surface area contributed by atoms with Crippen LogP contribution in [0.3, 0.4) is 0 Å². The Morgan fingerprint density at radius 2 is 1.62 bits per heavy atom. The number of rotatable bonds is 6. The molecule has 0 fully saturated rings. The van der Waals surface area contributed by atoms with Gasteiger partial charge in [-0.05, 0) is 31.0 Å². The Kier molecular flexibility index (Phi) is 5.44. The van der Waals surface area contributed by atoms with Crippen LogP contribution in [0.4, 0.5) is 5.69 Å². The maximum atomic E-state index is 11.9. The first-order valence-corrected chi connectivity index (χ1v) is 10.6. The van der Waals surface area contributed by atoms with E-state index in [4.69, 9.17) is 0 Å². The third kappa shape index (κ3) is 4.71. The third-order valence-corrected chi connectivity index (χ3v) is 5.91. The molecule has 0 amide bonds. The van der Waals surface area contributed by atoms with Gasteiger partial charge in [-0.1, -0.05) is 20.3 Å². The number of anilines is 1. The zero-order valence-electron chi connectivity index (χ0n) is 13.0. The Hall–Kier alpha value is -1.08. The molecule has 0 radical (unpaired) electrons. The van der Waals surface area contributed by atoms with E-state index in [0.29, 0.717) is 11.6 Å². The molecular formula is C14H23NO4S2. The average molecular weight is 333 g/mol. The van der Waals surface area contributed by atoms with Crippen molar-refractivity contribution in [3.05, 3.63) is 18.2 Å². The van der Waals surface area contributed by atoms with Crippen molar-refractivity contribution in [3.8, 4) is 0 Å². The summed E-state index contributed by atoms with van der Waals surface area (Å²) in [6.07, 6.45) is 3.10. The van der Waals surface area contributed by atoms with Crippen LogP contribution in [0.15, 0.2) is 28.0 Å². The summed E-state index contributed by atoms with van der Waals surface area (Å²) in [5.74, 6) is 0.368. The highest BCUT2D eigenvalue weighted by Crippen LogP contribution is 2.27. The first-order chi connectivity index (χ1) is 9.46. The highest BCUT2D eigenvalue weighted by molar-refractivity contribution is 7.91. The van der Waals surface area contributed by atoms with Gasteiger partial charge in [0.2, 0.25) is 0 Å². The topological polar surface area (TPSA) is 80.3 Å².